The van der Waals surface area contributed by atoms with Crippen molar-refractivity contribution in [3.05, 3.63) is 162 Å². The van der Waals surface area contributed by atoms with Crippen molar-refractivity contribution in [3.8, 4) is 0 Å². The molecule has 5 aromatic carbocycles. The molecule has 1 aliphatic carbocycles. The summed E-state index contributed by atoms with van der Waals surface area (Å²) >= 11 is 0. The highest BCUT2D eigenvalue weighted by Gasteiger charge is 2.78. The van der Waals surface area contributed by atoms with Crippen LogP contribution in [0.15, 0.2) is 89.8 Å². The minimum Gasteiger partial charge on any atom is -0.380 e. The molecule has 1 heterocycles. The molecule has 0 radical (unpaired) electrons. The molecule has 5 aromatic rings. The van der Waals surface area contributed by atoms with Crippen LogP contribution in [-0.2, 0) is 4.74 Å². The van der Waals surface area contributed by atoms with Crippen molar-refractivity contribution < 1.29 is 4.74 Å². The zero-order valence-corrected chi connectivity index (χ0v) is 36.1. The SMILES string of the molecule is COC1C(c2ccccc2)C1(C)C1=C[Si](c2c(C)cc(C)cc2C)(c2c(C)cc(C)cc2C)[Si]1(c1c(C)cc(C)cc1C)c1c(C)cc(C)cc1C. The third kappa shape index (κ3) is 4.95. The third-order valence-electron chi connectivity index (χ3n) is 13.0. The van der Waals surface area contributed by atoms with Crippen molar-refractivity contribution in [2.24, 2.45) is 5.41 Å². The molecule has 1 aliphatic heterocycles. The van der Waals surface area contributed by atoms with Crippen molar-refractivity contribution in [1.29, 1.82) is 0 Å². The predicted octanol–water partition coefficient (Wildman–Crippen LogP) is 9.13. The Balaban J connectivity index is 1.80. The largest absolute Gasteiger partial charge is 0.380 e. The molecule has 1 nitrogen and oxygen atoms in total. The summed E-state index contributed by atoms with van der Waals surface area (Å²) in [6, 6.07) is 31.1. The highest BCUT2D eigenvalue weighted by atomic mass is 29.3. The van der Waals surface area contributed by atoms with Gasteiger partial charge in [-0.2, -0.15) is 0 Å². The molecule has 1 saturated carbocycles. The van der Waals surface area contributed by atoms with Gasteiger partial charge in [-0.15, -0.1) is 0 Å². The van der Waals surface area contributed by atoms with E-state index in [1.165, 1.54) is 72.3 Å². The molecule has 3 unspecified atom stereocenters. The molecule has 52 heavy (non-hydrogen) atoms. The van der Waals surface area contributed by atoms with E-state index in [1.807, 2.05) is 7.11 Å². The maximum absolute atomic E-state index is 6.63. The quantitative estimate of drug-likeness (QED) is 0.153. The summed E-state index contributed by atoms with van der Waals surface area (Å²) in [5.74, 6) is 0.293. The first-order valence-corrected chi connectivity index (χ1v) is 24.3. The smallest absolute Gasteiger partial charge is 0.151 e. The van der Waals surface area contributed by atoms with Crippen molar-refractivity contribution in [3.63, 3.8) is 0 Å². The number of hydrogen-bond acceptors (Lipinski definition) is 1. The lowest BCUT2D eigenvalue weighted by Gasteiger charge is -2.61. The lowest BCUT2D eigenvalue weighted by molar-refractivity contribution is 0.156. The van der Waals surface area contributed by atoms with E-state index >= 15 is 0 Å². The van der Waals surface area contributed by atoms with E-state index in [2.05, 4.69) is 175 Å². The Kier molecular flexibility index (Phi) is 8.92. The van der Waals surface area contributed by atoms with Gasteiger partial charge in [-0.25, -0.2) is 0 Å². The Hall–Kier alpha value is -3.77. The lowest BCUT2D eigenvalue weighted by Crippen LogP contribution is -2.93. The molecule has 0 spiro atoms. The highest BCUT2D eigenvalue weighted by Crippen LogP contribution is 2.69. The summed E-state index contributed by atoms with van der Waals surface area (Å²) in [5, 5.41) is 8.25. The number of methoxy groups -OCH3 is 1. The summed E-state index contributed by atoms with van der Waals surface area (Å²) in [6.45, 7) is 31.1. The van der Waals surface area contributed by atoms with Gasteiger partial charge in [0.15, 0.2) is 7.59 Å². The van der Waals surface area contributed by atoms with Gasteiger partial charge in [-0.1, -0.05) is 163 Å². The van der Waals surface area contributed by atoms with Crippen LogP contribution in [-0.4, -0.2) is 28.4 Å². The van der Waals surface area contributed by atoms with Crippen LogP contribution in [0.1, 0.15) is 85.2 Å². The normalized spacial score (nSPS) is 21.5. The monoisotopic (exact) mass is 718 g/mol. The van der Waals surface area contributed by atoms with Crippen LogP contribution in [0, 0.1) is 88.5 Å². The van der Waals surface area contributed by atoms with Gasteiger partial charge in [0.2, 0.25) is 0 Å². The van der Waals surface area contributed by atoms with Crippen molar-refractivity contribution >= 4 is 35.9 Å². The number of ether oxygens (including phenoxy) is 1. The van der Waals surface area contributed by atoms with Crippen molar-refractivity contribution in [1.82, 2.24) is 0 Å². The molecule has 2 aliphatic rings. The first kappa shape index (κ1) is 36.6. The number of aryl methyl sites for hydroxylation is 12. The van der Waals surface area contributed by atoms with Crippen LogP contribution in [0.4, 0.5) is 0 Å². The summed E-state index contributed by atoms with van der Waals surface area (Å²) in [5.41, 5.74) is 21.2. The molecule has 0 bridgehead atoms. The van der Waals surface area contributed by atoms with E-state index in [0.29, 0.717) is 5.92 Å². The summed E-state index contributed by atoms with van der Waals surface area (Å²) in [6.07, 6.45) is 0.109. The van der Waals surface area contributed by atoms with Crippen LogP contribution in [0.2, 0.25) is 0 Å². The van der Waals surface area contributed by atoms with Crippen LogP contribution in [0.5, 0.6) is 0 Å². The zero-order valence-electron chi connectivity index (χ0n) is 34.1. The predicted molar refractivity (Wildman–Crippen MR) is 229 cm³/mol. The minimum absolute atomic E-state index is 0.109. The van der Waals surface area contributed by atoms with Crippen molar-refractivity contribution in [2.45, 2.75) is 102 Å². The van der Waals surface area contributed by atoms with Crippen LogP contribution >= 0.6 is 0 Å². The Morgan fingerprint density at radius 2 is 0.808 bits per heavy atom. The average Bonchev–Trinajstić information content (AvgIpc) is 3.64. The maximum Gasteiger partial charge on any atom is 0.151 e. The van der Waals surface area contributed by atoms with Crippen LogP contribution < -0.4 is 20.7 Å². The van der Waals surface area contributed by atoms with E-state index in [0.717, 1.165) is 0 Å². The van der Waals surface area contributed by atoms with E-state index in [9.17, 15) is 0 Å². The molecule has 3 heteroatoms. The van der Waals surface area contributed by atoms with E-state index < -0.39 is 15.2 Å². The zero-order chi connectivity index (χ0) is 37.7. The average molecular weight is 719 g/mol. The van der Waals surface area contributed by atoms with Gasteiger partial charge in [0.05, 0.1) is 6.10 Å². The lowest BCUT2D eigenvalue weighted by atomic mass is 10.0. The Labute approximate surface area is 316 Å². The first-order valence-electron chi connectivity index (χ1n) is 19.2. The second kappa shape index (κ2) is 12.7. The highest BCUT2D eigenvalue weighted by molar-refractivity contribution is 7.67. The van der Waals surface area contributed by atoms with Gasteiger partial charge >= 0.3 is 0 Å². The van der Waals surface area contributed by atoms with Gasteiger partial charge in [0.1, 0.15) is 7.59 Å². The fraction of sp³-hybridized carbons (Fsp3) is 0.347. The van der Waals surface area contributed by atoms with E-state index in [1.54, 1.807) is 25.9 Å². The van der Waals surface area contributed by atoms with E-state index in [4.69, 9.17) is 4.74 Å². The van der Waals surface area contributed by atoms with Gasteiger partial charge in [0, 0.05) is 18.4 Å². The standard InChI is InChI=1S/C49H58OSi2/c1-29-20-33(5)44(34(6)21-29)51(45-35(7)22-30(2)23-36(45)8)28-42(49(13)43(48(49)50-14)41-18-16-15-17-19-41)52(51,46-37(9)24-31(3)25-38(46)10)47-39(11)26-32(4)27-40(47)12/h15-28,43,48H,1-14H3. The molecule has 268 valence electrons. The van der Waals surface area contributed by atoms with Crippen LogP contribution in [0.25, 0.3) is 0 Å². The second-order valence-corrected chi connectivity index (χ2v) is 27.6. The summed E-state index contributed by atoms with van der Waals surface area (Å²) in [7, 11) is -3.83. The fourth-order valence-corrected chi connectivity index (χ4v) is 36.0. The Morgan fingerprint density at radius 1 is 0.481 bits per heavy atom. The molecule has 0 amide bonds. The maximum atomic E-state index is 6.63. The molecule has 7 rings (SSSR count). The number of hydrogen-bond donors (Lipinski definition) is 0. The second-order valence-electron chi connectivity index (χ2n) is 17.0. The molecule has 0 saturated heterocycles. The minimum atomic E-state index is -2.96. The van der Waals surface area contributed by atoms with Gasteiger partial charge in [0.25, 0.3) is 0 Å². The van der Waals surface area contributed by atoms with Crippen LogP contribution in [0.3, 0.4) is 0 Å². The first-order chi connectivity index (χ1) is 24.5. The molecule has 0 N–H and O–H groups in total. The molecular weight excluding hydrogens is 661 g/mol. The summed E-state index contributed by atoms with van der Waals surface area (Å²) < 4.78 is 6.63. The molecule has 0 aromatic heterocycles. The van der Waals surface area contributed by atoms with Crippen molar-refractivity contribution in [2.75, 3.05) is 7.11 Å². The van der Waals surface area contributed by atoms with E-state index in [-0.39, 0.29) is 11.5 Å². The van der Waals surface area contributed by atoms with Gasteiger partial charge in [-0.3, -0.25) is 0 Å². The topological polar surface area (TPSA) is 9.23 Å². The Bertz CT molecular complexity index is 2090. The summed E-state index contributed by atoms with van der Waals surface area (Å²) in [4.78, 5) is 0. The van der Waals surface area contributed by atoms with Gasteiger partial charge < -0.3 is 4.74 Å². The molecule has 1 fully saturated rings. The number of rotatable bonds is 7. The molecular formula is C49H58OSi2. The molecule has 3 atom stereocenters. The van der Waals surface area contributed by atoms with Gasteiger partial charge in [-0.05, 0) is 109 Å². The number of benzene rings is 5. The Morgan fingerprint density at radius 3 is 1.13 bits per heavy atom. The third-order valence-corrected chi connectivity index (χ3v) is 30.7. The fourth-order valence-electron chi connectivity index (χ4n) is 12.1.